The summed E-state index contributed by atoms with van der Waals surface area (Å²) in [6.07, 6.45) is 2.47. The lowest BCUT2D eigenvalue weighted by molar-refractivity contribution is -0.384. The first-order chi connectivity index (χ1) is 10.1. The van der Waals surface area contributed by atoms with Crippen molar-refractivity contribution in [1.29, 1.82) is 0 Å². The first-order valence-electron chi connectivity index (χ1n) is 6.91. The van der Waals surface area contributed by atoms with E-state index in [1.165, 1.54) is 18.5 Å². The minimum atomic E-state index is -0.430. The molecular formula is C14H16N4O3. The van der Waals surface area contributed by atoms with Gasteiger partial charge in [-0.05, 0) is 24.9 Å². The number of nitro benzene ring substituents is 1. The Morgan fingerprint density at radius 1 is 1.43 bits per heavy atom. The minimum Gasteiger partial charge on any atom is -0.472 e. The van der Waals surface area contributed by atoms with Crippen molar-refractivity contribution in [1.82, 2.24) is 15.3 Å². The fourth-order valence-electron chi connectivity index (χ4n) is 2.49. The Labute approximate surface area is 121 Å². The van der Waals surface area contributed by atoms with E-state index >= 15 is 0 Å². The lowest BCUT2D eigenvalue weighted by Crippen LogP contribution is -2.43. The number of non-ortho nitro benzene ring substituents is 1. The van der Waals surface area contributed by atoms with Gasteiger partial charge >= 0.3 is 0 Å². The first kappa shape index (κ1) is 13.7. The Balaban J connectivity index is 1.97. The Hall–Kier alpha value is -2.28. The van der Waals surface area contributed by atoms with E-state index in [1.807, 2.05) is 0 Å². The normalized spacial score (nSPS) is 22.1. The van der Waals surface area contributed by atoms with E-state index < -0.39 is 4.92 Å². The number of ether oxygens (including phenoxy) is 1. The van der Waals surface area contributed by atoms with Crippen molar-refractivity contribution in [2.24, 2.45) is 5.92 Å². The SMILES string of the molecule is CC1CCNCC1Oc1ncnc2ccc([N+](=O)[O-])cc12. The highest BCUT2D eigenvalue weighted by atomic mass is 16.6. The summed E-state index contributed by atoms with van der Waals surface area (Å²) in [6.45, 7) is 3.87. The van der Waals surface area contributed by atoms with Crippen LogP contribution in [0.25, 0.3) is 10.9 Å². The van der Waals surface area contributed by atoms with E-state index in [0.717, 1.165) is 19.5 Å². The predicted molar refractivity (Wildman–Crippen MR) is 77.3 cm³/mol. The second-order valence-electron chi connectivity index (χ2n) is 5.26. The van der Waals surface area contributed by atoms with Gasteiger partial charge < -0.3 is 10.1 Å². The fraction of sp³-hybridized carbons (Fsp3) is 0.429. The van der Waals surface area contributed by atoms with Gasteiger partial charge in [0.05, 0.1) is 15.8 Å². The molecule has 1 aromatic carbocycles. The van der Waals surface area contributed by atoms with Crippen LogP contribution in [0.1, 0.15) is 13.3 Å². The maximum Gasteiger partial charge on any atom is 0.270 e. The van der Waals surface area contributed by atoms with Crippen LogP contribution in [0.5, 0.6) is 5.88 Å². The summed E-state index contributed by atoms with van der Waals surface area (Å²) in [5, 5.41) is 14.8. The van der Waals surface area contributed by atoms with Gasteiger partial charge in [0.2, 0.25) is 5.88 Å². The second kappa shape index (κ2) is 5.61. The van der Waals surface area contributed by atoms with Gasteiger partial charge in [0.1, 0.15) is 12.4 Å². The molecule has 1 saturated heterocycles. The third-order valence-electron chi connectivity index (χ3n) is 3.81. The van der Waals surface area contributed by atoms with Crippen molar-refractivity contribution in [2.45, 2.75) is 19.4 Å². The number of hydrogen-bond donors (Lipinski definition) is 1. The predicted octanol–water partition coefficient (Wildman–Crippen LogP) is 1.91. The van der Waals surface area contributed by atoms with Crippen LogP contribution in [0, 0.1) is 16.0 Å². The van der Waals surface area contributed by atoms with Crippen LogP contribution in [-0.4, -0.2) is 34.1 Å². The smallest absolute Gasteiger partial charge is 0.270 e. The summed E-state index contributed by atoms with van der Waals surface area (Å²) in [7, 11) is 0. The second-order valence-corrected chi connectivity index (χ2v) is 5.26. The molecule has 0 amide bonds. The first-order valence-corrected chi connectivity index (χ1v) is 6.91. The standard InChI is InChI=1S/C14H16N4O3/c1-9-4-5-15-7-13(9)21-14-11-6-10(18(19)20)2-3-12(11)16-8-17-14/h2-3,6,8-9,13,15H,4-5,7H2,1H3. The average Bonchev–Trinajstić information content (AvgIpc) is 2.49. The molecule has 21 heavy (non-hydrogen) atoms. The molecule has 1 aliphatic heterocycles. The molecule has 0 bridgehead atoms. The molecule has 0 saturated carbocycles. The highest BCUT2D eigenvalue weighted by molar-refractivity contribution is 5.85. The number of nitrogens with one attached hydrogen (secondary N) is 1. The molecule has 0 radical (unpaired) electrons. The molecule has 110 valence electrons. The van der Waals surface area contributed by atoms with Crippen molar-refractivity contribution < 1.29 is 9.66 Å². The monoisotopic (exact) mass is 288 g/mol. The molecule has 1 aromatic heterocycles. The van der Waals surface area contributed by atoms with E-state index in [9.17, 15) is 10.1 Å². The fourth-order valence-corrected chi connectivity index (χ4v) is 2.49. The summed E-state index contributed by atoms with van der Waals surface area (Å²) >= 11 is 0. The molecule has 0 aliphatic carbocycles. The quantitative estimate of drug-likeness (QED) is 0.685. The highest BCUT2D eigenvalue weighted by Gasteiger charge is 2.24. The lowest BCUT2D eigenvalue weighted by Gasteiger charge is -2.29. The molecule has 2 atom stereocenters. The summed E-state index contributed by atoms with van der Waals surface area (Å²) < 4.78 is 5.98. The zero-order chi connectivity index (χ0) is 14.8. The van der Waals surface area contributed by atoms with E-state index in [1.54, 1.807) is 6.07 Å². The third-order valence-corrected chi connectivity index (χ3v) is 3.81. The van der Waals surface area contributed by atoms with Crippen LogP contribution in [0.3, 0.4) is 0 Å². The van der Waals surface area contributed by atoms with Gasteiger partial charge in [0, 0.05) is 18.7 Å². The van der Waals surface area contributed by atoms with Crippen molar-refractivity contribution >= 4 is 16.6 Å². The zero-order valence-electron chi connectivity index (χ0n) is 11.7. The number of rotatable bonds is 3. The third kappa shape index (κ3) is 2.78. The topological polar surface area (TPSA) is 90.2 Å². The molecule has 2 unspecified atom stereocenters. The van der Waals surface area contributed by atoms with E-state index in [-0.39, 0.29) is 11.8 Å². The van der Waals surface area contributed by atoms with Crippen LogP contribution in [0.4, 0.5) is 5.69 Å². The van der Waals surface area contributed by atoms with Crippen LogP contribution < -0.4 is 10.1 Å². The van der Waals surface area contributed by atoms with Crippen molar-refractivity contribution in [3.05, 3.63) is 34.6 Å². The molecule has 2 aromatic rings. The van der Waals surface area contributed by atoms with Crippen molar-refractivity contribution in [3.8, 4) is 5.88 Å². The number of nitro groups is 1. The van der Waals surface area contributed by atoms with E-state index in [4.69, 9.17) is 4.74 Å². The molecule has 7 heteroatoms. The van der Waals surface area contributed by atoms with Gasteiger partial charge in [-0.1, -0.05) is 6.92 Å². The summed E-state index contributed by atoms with van der Waals surface area (Å²) in [5.41, 5.74) is 0.652. The average molecular weight is 288 g/mol. The van der Waals surface area contributed by atoms with Gasteiger partial charge in [-0.25, -0.2) is 9.97 Å². The Bertz CT molecular complexity index is 676. The Morgan fingerprint density at radius 2 is 2.29 bits per heavy atom. The summed E-state index contributed by atoms with van der Waals surface area (Å²) in [6, 6.07) is 4.51. The van der Waals surface area contributed by atoms with E-state index in [2.05, 4.69) is 22.2 Å². The van der Waals surface area contributed by atoms with E-state index in [0.29, 0.717) is 22.7 Å². The van der Waals surface area contributed by atoms with Gasteiger partial charge in [-0.15, -0.1) is 0 Å². The lowest BCUT2D eigenvalue weighted by atomic mass is 9.97. The van der Waals surface area contributed by atoms with Crippen LogP contribution in [0.2, 0.25) is 0 Å². The number of aromatic nitrogens is 2. The Morgan fingerprint density at radius 3 is 3.05 bits per heavy atom. The number of fused-ring (bicyclic) bond motifs is 1. The number of benzene rings is 1. The molecule has 0 spiro atoms. The van der Waals surface area contributed by atoms with Gasteiger partial charge in [-0.3, -0.25) is 10.1 Å². The van der Waals surface area contributed by atoms with Crippen LogP contribution in [0.15, 0.2) is 24.5 Å². The van der Waals surface area contributed by atoms with Crippen LogP contribution in [-0.2, 0) is 0 Å². The minimum absolute atomic E-state index is 0.0103. The molecule has 1 fully saturated rings. The largest absolute Gasteiger partial charge is 0.472 e. The van der Waals surface area contributed by atoms with Gasteiger partial charge in [-0.2, -0.15) is 0 Å². The Kier molecular flexibility index (Phi) is 3.66. The molecule has 1 N–H and O–H groups in total. The molecular weight excluding hydrogens is 272 g/mol. The molecule has 2 heterocycles. The van der Waals surface area contributed by atoms with Gasteiger partial charge in [0.25, 0.3) is 5.69 Å². The maximum atomic E-state index is 10.9. The number of piperidine rings is 1. The van der Waals surface area contributed by atoms with Crippen molar-refractivity contribution in [2.75, 3.05) is 13.1 Å². The zero-order valence-corrected chi connectivity index (χ0v) is 11.7. The highest BCUT2D eigenvalue weighted by Crippen LogP contribution is 2.28. The number of hydrogen-bond acceptors (Lipinski definition) is 6. The maximum absolute atomic E-state index is 10.9. The van der Waals surface area contributed by atoms with Gasteiger partial charge in [0.15, 0.2) is 0 Å². The molecule has 7 nitrogen and oxygen atoms in total. The molecule has 1 aliphatic rings. The summed E-state index contributed by atoms with van der Waals surface area (Å²) in [4.78, 5) is 18.8. The van der Waals surface area contributed by atoms with Crippen molar-refractivity contribution in [3.63, 3.8) is 0 Å². The molecule has 3 rings (SSSR count). The van der Waals surface area contributed by atoms with Crippen LogP contribution >= 0.6 is 0 Å². The number of nitrogens with zero attached hydrogens (tertiary/aromatic N) is 3. The summed E-state index contributed by atoms with van der Waals surface area (Å²) in [5.74, 6) is 0.819.